The lowest BCUT2D eigenvalue weighted by atomic mass is 9.94. The number of aromatic amines is 2. The summed E-state index contributed by atoms with van der Waals surface area (Å²) < 4.78 is 38.7. The number of halogens is 3. The number of rotatable bonds is 10. The lowest BCUT2D eigenvalue weighted by molar-refractivity contribution is -0.141. The summed E-state index contributed by atoms with van der Waals surface area (Å²) in [6.45, 7) is 13.6. The number of nitrogens with one attached hydrogen (secondary N) is 4. The smallest absolute Gasteiger partial charge is 0.345 e. The minimum atomic E-state index is -4.58. The summed E-state index contributed by atoms with van der Waals surface area (Å²) >= 11 is 0. The summed E-state index contributed by atoms with van der Waals surface area (Å²) in [4.78, 5) is 44.7. The zero-order valence-electron chi connectivity index (χ0n) is 29.1. The van der Waals surface area contributed by atoms with Crippen LogP contribution in [0.1, 0.15) is 88.3 Å². The number of H-pyrrole nitrogens is 2. The fraction of sp³-hybridized carbons (Fsp3) is 0.342. The maximum atomic E-state index is 12.9. The number of hydrogen-bond donors (Lipinski definition) is 4. The lowest BCUT2D eigenvalue weighted by Crippen LogP contribution is -2.39. The number of pyridine rings is 1. The average Bonchev–Trinajstić information content (AvgIpc) is 3.76. The van der Waals surface area contributed by atoms with Gasteiger partial charge in [0.1, 0.15) is 17.3 Å². The van der Waals surface area contributed by atoms with Crippen LogP contribution >= 0.6 is 0 Å². The molecule has 262 valence electrons. The van der Waals surface area contributed by atoms with E-state index in [1.54, 1.807) is 12.4 Å². The van der Waals surface area contributed by atoms with E-state index < -0.39 is 29.2 Å². The average molecular weight is 686 g/mol. The molecule has 3 aromatic heterocycles. The van der Waals surface area contributed by atoms with Gasteiger partial charge in [-0.15, -0.1) is 0 Å². The molecule has 2 atom stereocenters. The first-order valence-electron chi connectivity index (χ1n) is 16.5. The van der Waals surface area contributed by atoms with Crippen molar-refractivity contribution in [3.8, 4) is 33.6 Å². The Labute approximate surface area is 289 Å². The molecule has 0 unspecified atom stereocenters. The number of benzene rings is 2. The van der Waals surface area contributed by atoms with Crippen LogP contribution in [0.25, 0.3) is 33.6 Å². The number of imidazole rings is 2. The van der Waals surface area contributed by atoms with Crippen LogP contribution in [-0.2, 0) is 11.0 Å². The van der Waals surface area contributed by atoms with Crippen molar-refractivity contribution in [2.45, 2.75) is 66.7 Å². The molecule has 5 aromatic rings. The quantitative estimate of drug-likeness (QED) is 0.117. The highest BCUT2D eigenvalue weighted by Crippen LogP contribution is 2.30. The van der Waals surface area contributed by atoms with Gasteiger partial charge in [0, 0.05) is 11.6 Å². The number of nitrogens with zero attached hydrogens (tertiary/aromatic N) is 3. The van der Waals surface area contributed by atoms with Gasteiger partial charge in [0.25, 0.3) is 5.91 Å². The van der Waals surface area contributed by atoms with Crippen molar-refractivity contribution in [2.75, 3.05) is 0 Å². The number of carbonyl (C=O) groups excluding carboxylic acids is 2. The first-order chi connectivity index (χ1) is 23.5. The lowest BCUT2D eigenvalue weighted by Gasteiger charge is -2.25. The highest BCUT2D eigenvalue weighted by atomic mass is 19.4. The minimum absolute atomic E-state index is 0.0229. The number of alkyl halides is 3. The Morgan fingerprint density at radius 3 is 1.44 bits per heavy atom. The van der Waals surface area contributed by atoms with Crippen molar-refractivity contribution in [1.29, 1.82) is 0 Å². The van der Waals surface area contributed by atoms with Crippen molar-refractivity contribution in [2.24, 2.45) is 17.3 Å². The van der Waals surface area contributed by atoms with Gasteiger partial charge in [-0.25, -0.2) is 9.97 Å². The molecule has 0 aliphatic carbocycles. The molecular weight excluding hydrogens is 643 g/mol. The molecule has 2 amide bonds. The van der Waals surface area contributed by atoms with E-state index in [1.807, 2.05) is 83.1 Å². The molecule has 0 spiro atoms. The second-order valence-corrected chi connectivity index (χ2v) is 14.1. The van der Waals surface area contributed by atoms with Crippen molar-refractivity contribution >= 4 is 11.8 Å². The zero-order chi connectivity index (χ0) is 36.4. The molecule has 4 N–H and O–H groups in total. The standard InChI is InChI=1S/C38H42F3N7O2/c1-21(2)31(47-35(49)27-16-17-30(42-18-27)38(39,40)41)33-43-19-28(45-33)25-12-8-23(9-13-25)24-10-14-26(15-11-24)29-20-44-34(46-29)32(22(3)4)48-36(50)37(5,6)7/h8-22,31-32H,1-7H3,(H,43,45)(H,44,46)(H,47,49)(H,48,50)/t31-,32-/m0/s1. The van der Waals surface area contributed by atoms with Crippen LogP contribution in [0.2, 0.25) is 0 Å². The van der Waals surface area contributed by atoms with Crippen molar-refractivity contribution in [3.63, 3.8) is 0 Å². The third-order valence-corrected chi connectivity index (χ3v) is 8.41. The van der Waals surface area contributed by atoms with E-state index >= 15 is 0 Å². The Bertz CT molecular complexity index is 1920. The van der Waals surface area contributed by atoms with Gasteiger partial charge in [-0.3, -0.25) is 14.6 Å². The van der Waals surface area contributed by atoms with Gasteiger partial charge in [-0.05, 0) is 46.2 Å². The van der Waals surface area contributed by atoms with E-state index in [0.717, 1.165) is 52.0 Å². The maximum absolute atomic E-state index is 12.9. The minimum Gasteiger partial charge on any atom is -0.345 e. The highest BCUT2D eigenvalue weighted by molar-refractivity contribution is 5.94. The van der Waals surface area contributed by atoms with Crippen molar-refractivity contribution in [1.82, 2.24) is 35.6 Å². The number of hydrogen-bond acceptors (Lipinski definition) is 5. The topological polar surface area (TPSA) is 128 Å². The van der Waals surface area contributed by atoms with Gasteiger partial charge in [0.15, 0.2) is 0 Å². The van der Waals surface area contributed by atoms with Crippen LogP contribution in [0.3, 0.4) is 0 Å². The monoisotopic (exact) mass is 685 g/mol. The Balaban J connectivity index is 1.26. The van der Waals surface area contributed by atoms with Crippen molar-refractivity contribution < 1.29 is 22.8 Å². The predicted octanol–water partition coefficient (Wildman–Crippen LogP) is 8.53. The second-order valence-electron chi connectivity index (χ2n) is 14.1. The molecule has 0 aliphatic rings. The van der Waals surface area contributed by atoms with E-state index in [-0.39, 0.29) is 29.3 Å². The van der Waals surface area contributed by atoms with Crippen LogP contribution in [0.5, 0.6) is 0 Å². The maximum Gasteiger partial charge on any atom is 0.433 e. The summed E-state index contributed by atoms with van der Waals surface area (Å²) in [6, 6.07) is 17.3. The molecule has 0 bridgehead atoms. The molecule has 0 radical (unpaired) electrons. The van der Waals surface area contributed by atoms with Crippen LogP contribution in [0.4, 0.5) is 13.2 Å². The van der Waals surface area contributed by atoms with Crippen LogP contribution in [0.15, 0.2) is 79.3 Å². The number of amides is 2. The summed E-state index contributed by atoms with van der Waals surface area (Å²) in [5.74, 6) is 0.753. The Morgan fingerprint density at radius 2 is 1.06 bits per heavy atom. The van der Waals surface area contributed by atoms with Gasteiger partial charge in [-0.1, -0.05) is 97.0 Å². The molecule has 3 heterocycles. The molecular formula is C38H42F3N7O2. The Hall–Kier alpha value is -5.26. The molecule has 0 saturated heterocycles. The molecule has 2 aromatic carbocycles. The summed E-state index contributed by atoms with van der Waals surface area (Å²) in [7, 11) is 0. The van der Waals surface area contributed by atoms with Crippen LogP contribution in [-0.4, -0.2) is 36.7 Å². The molecule has 5 rings (SSSR count). The van der Waals surface area contributed by atoms with Gasteiger partial charge in [-0.2, -0.15) is 13.2 Å². The third kappa shape index (κ3) is 8.30. The fourth-order valence-corrected chi connectivity index (χ4v) is 5.35. The second kappa shape index (κ2) is 14.3. The van der Waals surface area contributed by atoms with Crippen LogP contribution < -0.4 is 10.6 Å². The first-order valence-corrected chi connectivity index (χ1v) is 16.5. The summed E-state index contributed by atoms with van der Waals surface area (Å²) in [6.07, 6.45) is -0.180. The summed E-state index contributed by atoms with van der Waals surface area (Å²) in [5.41, 5.74) is 4.00. The van der Waals surface area contributed by atoms with Gasteiger partial charge >= 0.3 is 6.18 Å². The summed E-state index contributed by atoms with van der Waals surface area (Å²) in [5, 5.41) is 5.99. The normalized spacial score (nSPS) is 13.4. The highest BCUT2D eigenvalue weighted by Gasteiger charge is 2.33. The number of carbonyl (C=O) groups is 2. The molecule has 0 aliphatic heterocycles. The van der Waals surface area contributed by atoms with E-state index in [9.17, 15) is 22.8 Å². The van der Waals surface area contributed by atoms with Crippen molar-refractivity contribution in [3.05, 3.63) is 102 Å². The Morgan fingerprint density at radius 1 is 0.620 bits per heavy atom. The largest absolute Gasteiger partial charge is 0.433 e. The molecule has 0 saturated carbocycles. The van der Waals surface area contributed by atoms with E-state index in [0.29, 0.717) is 11.6 Å². The van der Waals surface area contributed by atoms with Crippen LogP contribution in [0, 0.1) is 17.3 Å². The predicted molar refractivity (Wildman–Crippen MR) is 187 cm³/mol. The molecule has 50 heavy (non-hydrogen) atoms. The molecule has 0 fully saturated rings. The van der Waals surface area contributed by atoms with E-state index in [4.69, 9.17) is 0 Å². The first kappa shape index (κ1) is 36.0. The molecule has 9 nitrogen and oxygen atoms in total. The van der Waals surface area contributed by atoms with Gasteiger partial charge < -0.3 is 20.6 Å². The fourth-order valence-electron chi connectivity index (χ4n) is 5.35. The van der Waals surface area contributed by atoms with Gasteiger partial charge in [0.05, 0.1) is 41.4 Å². The zero-order valence-corrected chi connectivity index (χ0v) is 29.1. The third-order valence-electron chi connectivity index (χ3n) is 8.41. The SMILES string of the molecule is CC(C)[C@H](NC(=O)c1ccc(C(F)(F)F)nc1)c1ncc(-c2ccc(-c3ccc(-c4cnc([C@@H](NC(=O)C(C)(C)C)C(C)C)[nH]4)cc3)cc2)[nH]1. The Kier molecular flexibility index (Phi) is 10.3. The number of aromatic nitrogens is 5. The van der Waals surface area contributed by atoms with E-state index in [1.165, 1.54) is 0 Å². The molecule has 12 heteroatoms. The van der Waals surface area contributed by atoms with E-state index in [2.05, 4.69) is 49.4 Å². The van der Waals surface area contributed by atoms with Gasteiger partial charge in [0.2, 0.25) is 5.91 Å².